The fraction of sp³-hybridized carbons (Fsp3) is 0.0476. The number of benzene rings is 2. The predicted octanol–water partition coefficient (Wildman–Crippen LogP) is 4.18. The zero-order valence-electron chi connectivity index (χ0n) is 14.6. The number of hydrogen-bond donors (Lipinski definition) is 0. The Kier molecular flexibility index (Phi) is 4.88. The molecule has 0 aliphatic heterocycles. The van der Waals surface area contributed by atoms with E-state index in [2.05, 4.69) is 15.1 Å². The number of hydrogen-bond acceptors (Lipinski definition) is 6. The maximum Gasteiger partial charge on any atom is 0.331 e. The molecular weight excluding hydrogens is 361 g/mol. The van der Waals surface area contributed by atoms with Crippen molar-refractivity contribution in [3.63, 3.8) is 0 Å². The number of aromatic nitrogens is 3. The molecule has 138 valence electrons. The van der Waals surface area contributed by atoms with E-state index in [4.69, 9.17) is 9.26 Å². The van der Waals surface area contributed by atoms with Gasteiger partial charge in [0.05, 0.1) is 5.52 Å². The van der Waals surface area contributed by atoms with Crippen LogP contribution in [0.1, 0.15) is 11.5 Å². The lowest BCUT2D eigenvalue weighted by molar-refractivity contribution is -0.139. The van der Waals surface area contributed by atoms with Gasteiger partial charge in [-0.2, -0.15) is 4.98 Å². The highest BCUT2D eigenvalue weighted by atomic mass is 19.1. The molecule has 2 aromatic heterocycles. The smallest absolute Gasteiger partial charge is 0.331 e. The number of pyridine rings is 1. The molecule has 0 spiro atoms. The average molecular weight is 375 g/mol. The van der Waals surface area contributed by atoms with E-state index in [0.29, 0.717) is 11.4 Å². The predicted molar refractivity (Wildman–Crippen MR) is 100 cm³/mol. The average Bonchev–Trinajstić information content (AvgIpc) is 3.20. The van der Waals surface area contributed by atoms with Gasteiger partial charge in [0.25, 0.3) is 5.89 Å². The number of para-hydroxylation sites is 1. The van der Waals surface area contributed by atoms with Gasteiger partial charge in [0, 0.05) is 28.8 Å². The first kappa shape index (κ1) is 17.5. The van der Waals surface area contributed by atoms with Crippen LogP contribution in [-0.2, 0) is 16.1 Å². The van der Waals surface area contributed by atoms with E-state index in [1.807, 2.05) is 30.3 Å². The number of fused-ring (bicyclic) bond motifs is 1. The van der Waals surface area contributed by atoms with Crippen molar-refractivity contribution < 1.29 is 18.4 Å². The molecule has 28 heavy (non-hydrogen) atoms. The van der Waals surface area contributed by atoms with Crippen LogP contribution in [0.15, 0.2) is 71.4 Å². The lowest BCUT2D eigenvalue weighted by Crippen LogP contribution is -2.01. The molecule has 0 saturated carbocycles. The molecule has 0 amide bonds. The zero-order valence-corrected chi connectivity index (χ0v) is 14.6. The van der Waals surface area contributed by atoms with Crippen LogP contribution in [0.25, 0.3) is 28.4 Å². The van der Waals surface area contributed by atoms with Crippen LogP contribution in [-0.4, -0.2) is 21.1 Å². The minimum Gasteiger partial charge on any atom is -0.452 e. The van der Waals surface area contributed by atoms with Crippen LogP contribution in [0.5, 0.6) is 0 Å². The minimum absolute atomic E-state index is 0.146. The molecule has 0 atom stereocenters. The second-order valence-corrected chi connectivity index (χ2v) is 5.88. The first-order valence-electron chi connectivity index (χ1n) is 8.46. The maximum atomic E-state index is 13.0. The van der Waals surface area contributed by atoms with Gasteiger partial charge in [0.15, 0.2) is 6.61 Å². The molecule has 4 aromatic rings. The van der Waals surface area contributed by atoms with Crippen LogP contribution in [0.2, 0.25) is 0 Å². The number of rotatable bonds is 5. The van der Waals surface area contributed by atoms with Crippen molar-refractivity contribution in [1.29, 1.82) is 0 Å². The lowest BCUT2D eigenvalue weighted by atomic mass is 10.1. The fourth-order valence-electron chi connectivity index (χ4n) is 2.63. The molecule has 0 aliphatic rings. The van der Waals surface area contributed by atoms with Gasteiger partial charge in [-0.1, -0.05) is 29.4 Å². The zero-order chi connectivity index (χ0) is 19.3. The van der Waals surface area contributed by atoms with Gasteiger partial charge in [-0.15, -0.1) is 0 Å². The van der Waals surface area contributed by atoms with Gasteiger partial charge in [0.2, 0.25) is 5.82 Å². The largest absolute Gasteiger partial charge is 0.452 e. The summed E-state index contributed by atoms with van der Waals surface area (Å²) in [4.78, 5) is 20.4. The first-order valence-corrected chi connectivity index (χ1v) is 8.46. The van der Waals surface area contributed by atoms with Crippen molar-refractivity contribution in [2.75, 3.05) is 0 Å². The summed E-state index contributed by atoms with van der Waals surface area (Å²) in [6.45, 7) is -0.162. The highest BCUT2D eigenvalue weighted by Gasteiger charge is 2.10. The van der Waals surface area contributed by atoms with Crippen LogP contribution < -0.4 is 0 Å². The summed E-state index contributed by atoms with van der Waals surface area (Å²) in [5.74, 6) is -0.458. The summed E-state index contributed by atoms with van der Waals surface area (Å²) >= 11 is 0. The van der Waals surface area contributed by atoms with Gasteiger partial charge >= 0.3 is 5.97 Å². The molecule has 0 radical (unpaired) electrons. The Hall–Kier alpha value is -3.87. The topological polar surface area (TPSA) is 78.1 Å². The van der Waals surface area contributed by atoms with E-state index in [1.54, 1.807) is 12.3 Å². The second kappa shape index (κ2) is 7.79. The normalized spacial score (nSPS) is 11.2. The molecule has 0 aliphatic carbocycles. The van der Waals surface area contributed by atoms with Crippen molar-refractivity contribution in [2.45, 2.75) is 6.61 Å². The summed E-state index contributed by atoms with van der Waals surface area (Å²) in [5.41, 5.74) is 2.22. The minimum atomic E-state index is -0.547. The molecule has 0 N–H and O–H groups in total. The lowest BCUT2D eigenvalue weighted by Gasteiger charge is -2.00. The Morgan fingerprint density at radius 2 is 1.93 bits per heavy atom. The number of nitrogens with zero attached hydrogens (tertiary/aromatic N) is 3. The molecule has 0 bridgehead atoms. The number of halogens is 1. The first-order chi connectivity index (χ1) is 13.7. The van der Waals surface area contributed by atoms with Crippen molar-refractivity contribution in [2.24, 2.45) is 0 Å². The fourth-order valence-corrected chi connectivity index (χ4v) is 2.63. The molecule has 0 saturated heterocycles. The summed E-state index contributed by atoms with van der Waals surface area (Å²) in [6.07, 6.45) is 4.67. The molecule has 4 rings (SSSR count). The number of ether oxygens (including phenoxy) is 1. The van der Waals surface area contributed by atoms with E-state index in [9.17, 15) is 9.18 Å². The van der Waals surface area contributed by atoms with Crippen molar-refractivity contribution >= 4 is 22.9 Å². The molecule has 6 nitrogen and oxygen atoms in total. The van der Waals surface area contributed by atoms with Crippen LogP contribution in [0.3, 0.4) is 0 Å². The number of carbonyl (C=O) groups is 1. The molecular formula is C21H14FN3O3. The maximum absolute atomic E-state index is 13.0. The summed E-state index contributed by atoms with van der Waals surface area (Å²) < 4.78 is 23.1. The van der Waals surface area contributed by atoms with Crippen molar-refractivity contribution in [3.8, 4) is 11.4 Å². The summed E-state index contributed by atoms with van der Waals surface area (Å²) in [5, 5.41) is 4.78. The van der Waals surface area contributed by atoms with Gasteiger partial charge in [0.1, 0.15) is 5.82 Å². The second-order valence-electron chi connectivity index (χ2n) is 5.88. The van der Waals surface area contributed by atoms with Gasteiger partial charge in [-0.3, -0.25) is 4.98 Å². The SMILES string of the molecule is O=C(C=Cc1cccc2cccnc12)OCc1nc(-c2ccc(F)cc2)no1. The van der Waals surface area contributed by atoms with E-state index in [1.165, 1.54) is 30.3 Å². The molecule has 0 unspecified atom stereocenters. The Bertz CT molecular complexity index is 1150. The quantitative estimate of drug-likeness (QED) is 0.385. The number of carbonyl (C=O) groups excluding carboxylic acids is 1. The van der Waals surface area contributed by atoms with E-state index in [0.717, 1.165) is 16.5 Å². The summed E-state index contributed by atoms with van der Waals surface area (Å²) in [7, 11) is 0. The van der Waals surface area contributed by atoms with Gasteiger partial charge in [-0.05, 0) is 36.4 Å². The Morgan fingerprint density at radius 3 is 2.79 bits per heavy atom. The van der Waals surface area contributed by atoms with Crippen molar-refractivity contribution in [1.82, 2.24) is 15.1 Å². The van der Waals surface area contributed by atoms with Gasteiger partial charge < -0.3 is 9.26 Å². The standard InChI is InChI=1S/C21H14FN3O3/c22-17-9-6-16(7-10-17)21-24-18(28-25-21)13-27-19(26)11-8-15-4-1-3-14-5-2-12-23-20(14)15/h1-12H,13H2. The van der Waals surface area contributed by atoms with E-state index >= 15 is 0 Å². The van der Waals surface area contributed by atoms with Crippen LogP contribution in [0, 0.1) is 5.82 Å². The number of esters is 1. The van der Waals surface area contributed by atoms with E-state index < -0.39 is 5.97 Å². The van der Waals surface area contributed by atoms with Gasteiger partial charge in [-0.25, -0.2) is 9.18 Å². The third-order valence-electron chi connectivity index (χ3n) is 3.97. The monoisotopic (exact) mass is 375 g/mol. The van der Waals surface area contributed by atoms with Crippen LogP contribution >= 0.6 is 0 Å². The highest BCUT2D eigenvalue weighted by molar-refractivity contribution is 5.92. The highest BCUT2D eigenvalue weighted by Crippen LogP contribution is 2.18. The van der Waals surface area contributed by atoms with E-state index in [-0.39, 0.29) is 18.3 Å². The Morgan fingerprint density at radius 1 is 1.11 bits per heavy atom. The molecule has 7 heteroatoms. The van der Waals surface area contributed by atoms with Crippen LogP contribution in [0.4, 0.5) is 4.39 Å². The molecule has 0 fully saturated rings. The summed E-state index contributed by atoms with van der Waals surface area (Å²) in [6, 6.07) is 15.2. The Labute approximate surface area is 159 Å². The molecule has 2 heterocycles. The van der Waals surface area contributed by atoms with Crippen molar-refractivity contribution in [3.05, 3.63) is 84.1 Å². The third kappa shape index (κ3) is 3.93. The third-order valence-corrected chi connectivity index (χ3v) is 3.97. The molecule has 2 aromatic carbocycles. The Balaban J connectivity index is 1.39.